The van der Waals surface area contributed by atoms with Crippen molar-refractivity contribution in [3.05, 3.63) is 130 Å². The highest BCUT2D eigenvalue weighted by atomic mass is 16.6. The molecule has 4 rings (SSSR count). The Morgan fingerprint density at radius 3 is 1.57 bits per heavy atom. The fraction of sp³-hybridized carbons (Fsp3) is 0.333. The van der Waals surface area contributed by atoms with Gasteiger partial charge in [0.15, 0.2) is 5.82 Å². The second-order valence-corrected chi connectivity index (χ2v) is 8.76. The van der Waals surface area contributed by atoms with E-state index in [2.05, 4.69) is 51.4 Å². The molecule has 0 amide bonds. The van der Waals surface area contributed by atoms with E-state index in [1.807, 2.05) is 59.3 Å². The molecule has 3 aromatic carbocycles. The summed E-state index contributed by atoms with van der Waals surface area (Å²) in [6.07, 6.45) is 1.78. The SMILES string of the molecule is [N-]=[N+]=NCCOCCOCCOCCOCc1ncn(C(c2ccccc2)(c2ccccc2)c2ccccc2)n1. The van der Waals surface area contributed by atoms with E-state index in [1.165, 1.54) is 0 Å². The van der Waals surface area contributed by atoms with Crippen LogP contribution in [0.2, 0.25) is 0 Å². The number of ether oxygens (including phenoxy) is 4. The van der Waals surface area contributed by atoms with Gasteiger partial charge in [-0.15, -0.1) is 0 Å². The number of azide groups is 1. The van der Waals surface area contributed by atoms with Crippen molar-refractivity contribution in [2.24, 2.45) is 5.11 Å². The summed E-state index contributed by atoms with van der Waals surface area (Å²) in [6, 6.07) is 31.1. The van der Waals surface area contributed by atoms with Gasteiger partial charge in [-0.2, -0.15) is 5.10 Å². The Morgan fingerprint density at radius 2 is 1.10 bits per heavy atom. The van der Waals surface area contributed by atoms with Crippen LogP contribution in [0.3, 0.4) is 0 Å². The average Bonchev–Trinajstić information content (AvgIpc) is 3.48. The van der Waals surface area contributed by atoms with E-state index in [-0.39, 0.29) is 6.61 Å². The molecule has 0 atom stereocenters. The monoisotopic (exact) mass is 542 g/mol. The topological polar surface area (TPSA) is 116 Å². The summed E-state index contributed by atoms with van der Waals surface area (Å²) in [5.41, 5.74) is 10.7. The van der Waals surface area contributed by atoms with E-state index in [1.54, 1.807) is 6.33 Å². The van der Waals surface area contributed by atoms with Gasteiger partial charge >= 0.3 is 0 Å². The lowest BCUT2D eigenvalue weighted by atomic mass is 9.77. The number of nitrogens with zero attached hydrogens (tertiary/aromatic N) is 6. The van der Waals surface area contributed by atoms with E-state index >= 15 is 0 Å². The quantitative estimate of drug-likeness (QED) is 0.0575. The molecule has 0 bridgehead atoms. The van der Waals surface area contributed by atoms with Gasteiger partial charge in [0.05, 0.1) is 46.2 Å². The van der Waals surface area contributed by atoms with Gasteiger partial charge < -0.3 is 18.9 Å². The summed E-state index contributed by atoms with van der Waals surface area (Å²) >= 11 is 0. The lowest BCUT2D eigenvalue weighted by Crippen LogP contribution is -2.38. The zero-order chi connectivity index (χ0) is 27.7. The predicted molar refractivity (Wildman–Crippen MR) is 151 cm³/mol. The highest BCUT2D eigenvalue weighted by Gasteiger charge is 2.39. The zero-order valence-electron chi connectivity index (χ0n) is 22.4. The van der Waals surface area contributed by atoms with E-state index in [4.69, 9.17) is 29.6 Å². The minimum atomic E-state index is -0.701. The van der Waals surface area contributed by atoms with Crippen molar-refractivity contribution in [3.63, 3.8) is 0 Å². The summed E-state index contributed by atoms with van der Waals surface area (Å²) in [5.74, 6) is 0.593. The molecule has 208 valence electrons. The Morgan fingerprint density at radius 1 is 0.650 bits per heavy atom. The van der Waals surface area contributed by atoms with Crippen LogP contribution in [0.15, 0.2) is 102 Å². The number of hydrogen-bond acceptors (Lipinski definition) is 7. The molecule has 0 aliphatic rings. The van der Waals surface area contributed by atoms with Crippen LogP contribution in [0.1, 0.15) is 22.5 Å². The average molecular weight is 543 g/mol. The first-order chi connectivity index (χ1) is 19.9. The smallest absolute Gasteiger partial charge is 0.176 e. The summed E-state index contributed by atoms with van der Waals surface area (Å²) in [6.45, 7) is 3.67. The Hall–Kier alpha value is -4.05. The molecule has 0 aliphatic heterocycles. The molecule has 1 aromatic heterocycles. The normalized spacial score (nSPS) is 11.3. The Labute approximate surface area is 234 Å². The summed E-state index contributed by atoms with van der Waals surface area (Å²) in [4.78, 5) is 7.25. The second kappa shape index (κ2) is 16.1. The van der Waals surface area contributed by atoms with Crippen LogP contribution in [0.5, 0.6) is 0 Å². The van der Waals surface area contributed by atoms with Crippen molar-refractivity contribution in [1.29, 1.82) is 0 Å². The van der Waals surface area contributed by atoms with Crippen LogP contribution < -0.4 is 0 Å². The fourth-order valence-electron chi connectivity index (χ4n) is 4.43. The molecule has 0 N–H and O–H groups in total. The third-order valence-corrected chi connectivity index (χ3v) is 6.20. The van der Waals surface area contributed by atoms with Crippen LogP contribution in [-0.4, -0.2) is 67.6 Å². The Kier molecular flexibility index (Phi) is 11.7. The molecule has 0 fully saturated rings. The van der Waals surface area contributed by atoms with Crippen LogP contribution in [0.4, 0.5) is 0 Å². The highest BCUT2D eigenvalue weighted by molar-refractivity contribution is 5.50. The van der Waals surface area contributed by atoms with E-state index < -0.39 is 5.54 Å². The maximum absolute atomic E-state index is 8.20. The van der Waals surface area contributed by atoms with E-state index in [9.17, 15) is 0 Å². The zero-order valence-corrected chi connectivity index (χ0v) is 22.4. The van der Waals surface area contributed by atoms with Gasteiger partial charge in [0.25, 0.3) is 0 Å². The molecule has 0 spiro atoms. The van der Waals surface area contributed by atoms with E-state index in [0.717, 1.165) is 16.7 Å². The standard InChI is InChI=1S/C30H34N6O4/c31-35-33-16-17-37-18-19-38-20-21-39-22-23-40-24-29-32-25-36(34-29)30(26-10-4-1-5-11-26,27-12-6-2-7-13-27)28-14-8-3-9-15-28/h1-15,25H,16-24H2. The Balaban J connectivity index is 1.32. The molecule has 0 radical (unpaired) electrons. The lowest BCUT2D eigenvalue weighted by Gasteiger charge is -2.35. The van der Waals surface area contributed by atoms with Gasteiger partial charge in [0.2, 0.25) is 0 Å². The number of aromatic nitrogens is 3. The third-order valence-electron chi connectivity index (χ3n) is 6.20. The molecule has 10 nitrogen and oxygen atoms in total. The molecule has 0 unspecified atom stereocenters. The first-order valence-electron chi connectivity index (χ1n) is 13.2. The maximum atomic E-state index is 8.20. The number of rotatable bonds is 18. The summed E-state index contributed by atoms with van der Waals surface area (Å²) in [7, 11) is 0. The summed E-state index contributed by atoms with van der Waals surface area (Å²) in [5, 5.41) is 8.29. The second-order valence-electron chi connectivity index (χ2n) is 8.76. The molecule has 0 saturated carbocycles. The molecule has 0 aliphatic carbocycles. The number of hydrogen-bond donors (Lipinski definition) is 0. The van der Waals surface area contributed by atoms with Crippen LogP contribution in [0.25, 0.3) is 10.4 Å². The fourth-order valence-corrected chi connectivity index (χ4v) is 4.43. The number of benzene rings is 3. The molecule has 1 heterocycles. The predicted octanol–water partition coefficient (Wildman–Crippen LogP) is 5.00. The highest BCUT2D eigenvalue weighted by Crippen LogP contribution is 2.40. The third kappa shape index (κ3) is 7.75. The lowest BCUT2D eigenvalue weighted by molar-refractivity contribution is -0.00408. The largest absolute Gasteiger partial charge is 0.379 e. The van der Waals surface area contributed by atoms with Crippen molar-refractivity contribution in [2.45, 2.75) is 12.1 Å². The van der Waals surface area contributed by atoms with E-state index in [0.29, 0.717) is 58.6 Å². The molecule has 40 heavy (non-hydrogen) atoms. The van der Waals surface area contributed by atoms with Crippen molar-refractivity contribution < 1.29 is 18.9 Å². The van der Waals surface area contributed by atoms with Crippen molar-refractivity contribution in [2.75, 3.05) is 52.8 Å². The van der Waals surface area contributed by atoms with Gasteiger partial charge in [-0.3, -0.25) is 0 Å². The van der Waals surface area contributed by atoms with Crippen molar-refractivity contribution in [3.8, 4) is 0 Å². The first kappa shape index (κ1) is 28.9. The van der Waals surface area contributed by atoms with Gasteiger partial charge in [0, 0.05) is 11.5 Å². The molecule has 0 saturated heterocycles. The molecule has 10 heteroatoms. The molecule has 4 aromatic rings. The van der Waals surface area contributed by atoms with Gasteiger partial charge in [-0.1, -0.05) is 96.1 Å². The Bertz CT molecular complexity index is 1200. The van der Waals surface area contributed by atoms with Gasteiger partial charge in [-0.05, 0) is 22.2 Å². The minimum Gasteiger partial charge on any atom is -0.379 e. The van der Waals surface area contributed by atoms with Crippen LogP contribution in [0, 0.1) is 0 Å². The first-order valence-corrected chi connectivity index (χ1v) is 13.2. The maximum Gasteiger partial charge on any atom is 0.176 e. The molecular formula is C30H34N6O4. The van der Waals surface area contributed by atoms with Crippen LogP contribution >= 0.6 is 0 Å². The van der Waals surface area contributed by atoms with Crippen LogP contribution in [-0.2, 0) is 31.1 Å². The van der Waals surface area contributed by atoms with Gasteiger partial charge in [-0.25, -0.2) is 9.67 Å². The van der Waals surface area contributed by atoms with Crippen molar-refractivity contribution in [1.82, 2.24) is 14.8 Å². The molecular weight excluding hydrogens is 508 g/mol. The van der Waals surface area contributed by atoms with Crippen molar-refractivity contribution >= 4 is 0 Å². The van der Waals surface area contributed by atoms with Gasteiger partial charge in [0.1, 0.15) is 18.5 Å². The minimum absolute atomic E-state index is 0.272. The summed E-state index contributed by atoms with van der Waals surface area (Å²) < 4.78 is 24.0.